The van der Waals surface area contributed by atoms with E-state index >= 15 is 0 Å². The van der Waals surface area contributed by atoms with Gasteiger partial charge < -0.3 is 14.4 Å². The van der Waals surface area contributed by atoms with Gasteiger partial charge in [0, 0.05) is 28.7 Å². The van der Waals surface area contributed by atoms with E-state index in [0.717, 1.165) is 27.2 Å². The number of benzene rings is 3. The van der Waals surface area contributed by atoms with Crippen LogP contribution in [0.15, 0.2) is 76.2 Å². The van der Waals surface area contributed by atoms with Gasteiger partial charge in [-0.15, -0.1) is 0 Å². The Morgan fingerprint density at radius 1 is 1.03 bits per heavy atom. The molecule has 3 aromatic rings. The Morgan fingerprint density at radius 3 is 2.61 bits per heavy atom. The highest BCUT2D eigenvalue weighted by Crippen LogP contribution is 2.57. The summed E-state index contributed by atoms with van der Waals surface area (Å²) >= 11 is 3.62. The lowest BCUT2D eigenvalue weighted by Crippen LogP contribution is -2.61. The highest BCUT2D eigenvalue weighted by Gasteiger charge is 2.59. The van der Waals surface area contributed by atoms with Gasteiger partial charge in [0.25, 0.3) is 0 Å². The summed E-state index contributed by atoms with van der Waals surface area (Å²) in [5.41, 5.74) is 3.41. The number of allylic oxidation sites excluding steroid dienone is 2. The molecule has 33 heavy (non-hydrogen) atoms. The third kappa shape index (κ3) is 2.38. The summed E-state index contributed by atoms with van der Waals surface area (Å²) in [6.45, 7) is 4.50. The quantitative estimate of drug-likeness (QED) is 0.343. The average molecular weight is 499 g/mol. The molecule has 1 aliphatic carbocycles. The van der Waals surface area contributed by atoms with E-state index in [1.165, 1.54) is 22.0 Å². The van der Waals surface area contributed by atoms with Gasteiger partial charge >= 0.3 is 0 Å². The molecular weight excluding hydrogens is 476 g/mol. The van der Waals surface area contributed by atoms with Crippen LogP contribution in [-0.2, 0) is 5.41 Å². The van der Waals surface area contributed by atoms with E-state index in [1.807, 2.05) is 24.4 Å². The molecule has 0 bridgehead atoms. The molecule has 0 amide bonds. The van der Waals surface area contributed by atoms with Gasteiger partial charge in [0.2, 0.25) is 5.72 Å². The van der Waals surface area contributed by atoms with E-state index in [9.17, 15) is 0 Å². The molecule has 3 aromatic carbocycles. The van der Waals surface area contributed by atoms with Crippen LogP contribution in [0.25, 0.3) is 10.8 Å². The standard InChI is InChI=1S/C28H23BrN2O2/c1-27(2)20-12-16-6-4-5-7-17(16)13-21(20)31(3)28(27)15-30-26-24(33-28)11-10-23-25(26)19-14-18(29)8-9-22(19)32-23/h4-15,19,22H,1-3H3. The number of fused-ring (bicyclic) bond motifs is 7. The lowest BCUT2D eigenvalue weighted by atomic mass is 9.77. The maximum Gasteiger partial charge on any atom is 0.228 e. The average Bonchev–Trinajstić information content (AvgIpc) is 3.26. The number of nitrogens with zero attached hydrogens (tertiary/aromatic N) is 2. The molecular formula is C28H23BrN2O2. The van der Waals surface area contributed by atoms with Crippen molar-refractivity contribution in [1.29, 1.82) is 0 Å². The molecule has 3 heterocycles. The van der Waals surface area contributed by atoms with E-state index < -0.39 is 5.72 Å². The molecule has 3 aliphatic heterocycles. The fourth-order valence-electron chi connectivity index (χ4n) is 5.93. The van der Waals surface area contributed by atoms with Crippen LogP contribution in [0.4, 0.5) is 11.4 Å². The minimum atomic E-state index is -0.713. The Kier molecular flexibility index (Phi) is 3.70. The summed E-state index contributed by atoms with van der Waals surface area (Å²) in [5.74, 6) is 1.81. The SMILES string of the molecule is CN1c2cc3ccccc3cc2C(C)(C)C12C=Nc1c(ccc3c1C1C=C(Br)C=CC1O3)O2. The van der Waals surface area contributed by atoms with Crippen molar-refractivity contribution in [3.63, 3.8) is 0 Å². The molecule has 4 aliphatic rings. The van der Waals surface area contributed by atoms with Gasteiger partial charge in [-0.3, -0.25) is 4.99 Å². The zero-order valence-electron chi connectivity index (χ0n) is 18.7. The number of ether oxygens (including phenoxy) is 2. The topological polar surface area (TPSA) is 34.1 Å². The first-order chi connectivity index (χ1) is 15.9. The van der Waals surface area contributed by atoms with E-state index in [0.29, 0.717) is 0 Å². The molecule has 0 N–H and O–H groups in total. The van der Waals surface area contributed by atoms with Crippen molar-refractivity contribution in [3.8, 4) is 11.5 Å². The van der Waals surface area contributed by atoms with E-state index in [2.05, 4.69) is 90.3 Å². The number of aliphatic imine (C=N–C) groups is 1. The molecule has 164 valence electrons. The number of halogens is 1. The Bertz CT molecular complexity index is 1450. The molecule has 0 aromatic heterocycles. The van der Waals surface area contributed by atoms with Crippen molar-refractivity contribution < 1.29 is 9.47 Å². The highest BCUT2D eigenvalue weighted by molar-refractivity contribution is 9.11. The van der Waals surface area contributed by atoms with Crippen LogP contribution in [0.5, 0.6) is 11.5 Å². The third-order valence-corrected chi connectivity index (χ3v) is 8.33. The van der Waals surface area contributed by atoms with E-state index in [4.69, 9.17) is 14.5 Å². The lowest BCUT2D eigenvalue weighted by molar-refractivity contribution is 0.0824. The van der Waals surface area contributed by atoms with E-state index in [1.54, 1.807) is 0 Å². The normalized spacial score (nSPS) is 27.5. The zero-order valence-corrected chi connectivity index (χ0v) is 20.3. The van der Waals surface area contributed by atoms with Crippen molar-refractivity contribution in [2.24, 2.45) is 4.99 Å². The third-order valence-electron chi connectivity index (χ3n) is 7.80. The number of anilines is 1. The maximum atomic E-state index is 6.92. The summed E-state index contributed by atoms with van der Waals surface area (Å²) < 4.78 is 14.2. The largest absolute Gasteiger partial charge is 0.485 e. The summed E-state index contributed by atoms with van der Waals surface area (Å²) in [5, 5.41) is 2.47. The molecule has 3 atom stereocenters. The number of rotatable bonds is 0. The Labute approximate surface area is 201 Å². The van der Waals surface area contributed by atoms with Crippen LogP contribution < -0.4 is 14.4 Å². The molecule has 3 unspecified atom stereocenters. The van der Waals surface area contributed by atoms with Crippen LogP contribution in [0.3, 0.4) is 0 Å². The van der Waals surface area contributed by atoms with Crippen LogP contribution in [0.1, 0.15) is 30.9 Å². The van der Waals surface area contributed by atoms with Gasteiger partial charge in [-0.05, 0) is 66.6 Å². The summed E-state index contributed by atoms with van der Waals surface area (Å²) in [4.78, 5) is 7.32. The molecule has 4 nitrogen and oxygen atoms in total. The van der Waals surface area contributed by atoms with Gasteiger partial charge in [-0.2, -0.15) is 0 Å². The van der Waals surface area contributed by atoms with Crippen LogP contribution in [0, 0.1) is 0 Å². The first-order valence-corrected chi connectivity index (χ1v) is 12.1. The monoisotopic (exact) mass is 498 g/mol. The summed E-state index contributed by atoms with van der Waals surface area (Å²) in [6, 6.07) is 17.1. The predicted molar refractivity (Wildman–Crippen MR) is 137 cm³/mol. The predicted octanol–water partition coefficient (Wildman–Crippen LogP) is 6.75. The maximum absolute atomic E-state index is 6.92. The van der Waals surface area contributed by atoms with Gasteiger partial charge in [-0.1, -0.05) is 46.3 Å². The van der Waals surface area contributed by atoms with Crippen LogP contribution >= 0.6 is 15.9 Å². The lowest BCUT2D eigenvalue weighted by Gasteiger charge is -2.45. The Hall–Kier alpha value is -3.05. The number of hydrogen-bond acceptors (Lipinski definition) is 4. The van der Waals surface area contributed by atoms with E-state index in [-0.39, 0.29) is 17.4 Å². The van der Waals surface area contributed by atoms with Crippen molar-refractivity contribution in [2.45, 2.75) is 37.0 Å². The fraction of sp³-hybridized carbons (Fsp3) is 0.250. The minimum Gasteiger partial charge on any atom is -0.485 e. The van der Waals surface area contributed by atoms with Gasteiger partial charge in [-0.25, -0.2) is 0 Å². The zero-order chi connectivity index (χ0) is 22.5. The second kappa shape index (κ2) is 6.29. The molecule has 0 saturated heterocycles. The first-order valence-electron chi connectivity index (χ1n) is 11.3. The molecule has 1 spiro atoms. The Balaban J connectivity index is 1.37. The molecule has 7 rings (SSSR count). The smallest absolute Gasteiger partial charge is 0.228 e. The highest BCUT2D eigenvalue weighted by atomic mass is 79.9. The summed E-state index contributed by atoms with van der Waals surface area (Å²) in [6.07, 6.45) is 8.35. The van der Waals surface area contributed by atoms with Crippen molar-refractivity contribution >= 4 is 44.3 Å². The van der Waals surface area contributed by atoms with Gasteiger partial charge in [0.1, 0.15) is 23.3 Å². The number of hydrogen-bond donors (Lipinski definition) is 0. The molecule has 0 fully saturated rings. The fourth-order valence-corrected chi connectivity index (χ4v) is 6.37. The van der Waals surface area contributed by atoms with Gasteiger partial charge in [0.15, 0.2) is 0 Å². The minimum absolute atomic E-state index is 0.00108. The van der Waals surface area contributed by atoms with Crippen molar-refractivity contribution in [1.82, 2.24) is 0 Å². The van der Waals surface area contributed by atoms with Crippen LogP contribution in [0.2, 0.25) is 0 Å². The van der Waals surface area contributed by atoms with Crippen molar-refractivity contribution in [2.75, 3.05) is 11.9 Å². The Morgan fingerprint density at radius 2 is 1.79 bits per heavy atom. The van der Waals surface area contributed by atoms with Gasteiger partial charge in [0.05, 0.1) is 11.6 Å². The molecule has 0 saturated carbocycles. The first kappa shape index (κ1) is 19.4. The summed E-state index contributed by atoms with van der Waals surface area (Å²) in [7, 11) is 2.11. The second-order valence-corrected chi connectivity index (χ2v) is 10.7. The second-order valence-electron chi connectivity index (χ2n) is 9.80. The van der Waals surface area contributed by atoms with Crippen LogP contribution in [-0.4, -0.2) is 25.1 Å². The van der Waals surface area contributed by atoms with Crippen molar-refractivity contribution in [3.05, 3.63) is 82.4 Å². The number of likely N-dealkylation sites (N-methyl/N-ethyl adjacent to an activating group) is 1. The molecule has 5 heteroatoms. The molecule has 0 radical (unpaired) electrons.